The molecule has 1 aliphatic heterocycles. The van der Waals surface area contributed by atoms with E-state index in [4.69, 9.17) is 14.2 Å². The summed E-state index contributed by atoms with van der Waals surface area (Å²) in [4.78, 5) is 12.1. The van der Waals surface area contributed by atoms with Gasteiger partial charge in [0.2, 0.25) is 6.29 Å². The third-order valence-corrected chi connectivity index (χ3v) is 4.49. The lowest BCUT2D eigenvalue weighted by molar-refractivity contribution is -0.280. The molecule has 2 aromatic rings. The molecular weight excluding hydrogens is 396 g/mol. The minimum atomic E-state index is -1.62. The largest absolute Gasteiger partial charge is 0.508 e. The summed E-state index contributed by atoms with van der Waals surface area (Å²) in [5.41, 5.74) is 0.625. The highest BCUT2D eigenvalue weighted by atomic mass is 16.7. The van der Waals surface area contributed by atoms with Crippen molar-refractivity contribution in [2.75, 3.05) is 6.61 Å². The minimum absolute atomic E-state index is 0.0118. The molecule has 1 aliphatic rings. The molecule has 30 heavy (non-hydrogen) atoms. The van der Waals surface area contributed by atoms with Gasteiger partial charge in [-0.15, -0.1) is 0 Å². The number of benzene rings is 2. The number of aromatic hydroxyl groups is 2. The van der Waals surface area contributed by atoms with E-state index in [0.29, 0.717) is 5.56 Å². The molecule has 9 nitrogen and oxygen atoms in total. The van der Waals surface area contributed by atoms with Gasteiger partial charge < -0.3 is 39.7 Å². The molecule has 0 saturated carbocycles. The number of phenolic OH excluding ortho intramolecular Hbond substituents is 2. The predicted octanol–water partition coefficient (Wildman–Crippen LogP) is 0.541. The monoisotopic (exact) mass is 418 g/mol. The van der Waals surface area contributed by atoms with Crippen LogP contribution in [0.1, 0.15) is 5.56 Å². The maximum atomic E-state index is 12.1. The van der Waals surface area contributed by atoms with Crippen molar-refractivity contribution in [1.29, 1.82) is 0 Å². The second kappa shape index (κ2) is 9.59. The van der Waals surface area contributed by atoms with Crippen LogP contribution in [0.4, 0.5) is 0 Å². The topological polar surface area (TPSA) is 146 Å². The molecule has 9 heteroatoms. The fourth-order valence-electron chi connectivity index (χ4n) is 2.90. The average Bonchev–Trinajstić information content (AvgIpc) is 2.74. The lowest BCUT2D eigenvalue weighted by Gasteiger charge is -2.41. The molecule has 5 N–H and O–H groups in total. The van der Waals surface area contributed by atoms with Crippen LogP contribution >= 0.6 is 0 Å². The Balaban J connectivity index is 1.66. The van der Waals surface area contributed by atoms with E-state index < -0.39 is 43.3 Å². The van der Waals surface area contributed by atoms with Gasteiger partial charge in [0.25, 0.3) is 0 Å². The Kier molecular flexibility index (Phi) is 6.91. The summed E-state index contributed by atoms with van der Waals surface area (Å²) in [5.74, 6) is -0.937. The number of rotatable bonds is 6. The summed E-state index contributed by atoms with van der Waals surface area (Å²) < 4.78 is 16.0. The molecule has 0 aliphatic carbocycles. The van der Waals surface area contributed by atoms with Gasteiger partial charge in [-0.2, -0.15) is 0 Å². The Morgan fingerprint density at radius 2 is 1.73 bits per heavy atom. The number of carbonyl (C=O) groups is 1. The number of ether oxygens (including phenoxy) is 3. The summed E-state index contributed by atoms with van der Waals surface area (Å²) in [7, 11) is 0. The molecule has 0 spiro atoms. The highest BCUT2D eigenvalue weighted by molar-refractivity contribution is 5.87. The Morgan fingerprint density at radius 3 is 2.40 bits per heavy atom. The molecule has 160 valence electrons. The highest BCUT2D eigenvalue weighted by Gasteiger charge is 2.47. The van der Waals surface area contributed by atoms with Gasteiger partial charge in [-0.1, -0.05) is 24.3 Å². The van der Waals surface area contributed by atoms with Gasteiger partial charge >= 0.3 is 5.97 Å². The lowest BCUT2D eigenvalue weighted by Crippen LogP contribution is -2.61. The van der Waals surface area contributed by atoms with Gasteiger partial charge in [0.1, 0.15) is 24.1 Å². The number of hydrogen-bond donors (Lipinski definition) is 5. The van der Waals surface area contributed by atoms with Crippen LogP contribution in [-0.2, 0) is 14.3 Å². The molecular formula is C21H22O9. The molecule has 0 amide bonds. The van der Waals surface area contributed by atoms with Gasteiger partial charge in [0, 0.05) is 6.08 Å². The van der Waals surface area contributed by atoms with Crippen molar-refractivity contribution in [2.24, 2.45) is 0 Å². The van der Waals surface area contributed by atoms with Crippen molar-refractivity contribution < 1.29 is 44.5 Å². The van der Waals surface area contributed by atoms with E-state index in [-0.39, 0.29) is 17.2 Å². The Labute approximate surface area is 172 Å². The molecule has 2 aromatic carbocycles. The van der Waals surface area contributed by atoms with E-state index >= 15 is 0 Å². The number of aliphatic hydroxyl groups excluding tert-OH is 3. The zero-order chi connectivity index (χ0) is 21.7. The molecule has 5 unspecified atom stereocenters. The van der Waals surface area contributed by atoms with Crippen molar-refractivity contribution in [1.82, 2.24) is 0 Å². The molecule has 1 saturated heterocycles. The summed E-state index contributed by atoms with van der Waals surface area (Å²) in [6.07, 6.45) is -4.63. The summed E-state index contributed by atoms with van der Waals surface area (Å²) in [5, 5.41) is 49.4. The van der Waals surface area contributed by atoms with E-state index in [1.54, 1.807) is 24.3 Å². The first-order chi connectivity index (χ1) is 14.4. The van der Waals surface area contributed by atoms with E-state index in [2.05, 4.69) is 0 Å². The number of esters is 1. The van der Waals surface area contributed by atoms with Crippen LogP contribution in [0.3, 0.4) is 0 Å². The lowest BCUT2D eigenvalue weighted by atomic mass is 9.99. The Hall–Kier alpha value is -3.11. The number of aliphatic hydroxyl groups is 3. The maximum Gasteiger partial charge on any atom is 0.331 e. The molecule has 1 heterocycles. The quantitative estimate of drug-likeness (QED) is 0.335. The van der Waals surface area contributed by atoms with Crippen molar-refractivity contribution in [2.45, 2.75) is 30.7 Å². The van der Waals surface area contributed by atoms with E-state index in [0.717, 1.165) is 6.08 Å². The van der Waals surface area contributed by atoms with Crippen LogP contribution in [0.15, 0.2) is 54.6 Å². The van der Waals surface area contributed by atoms with Crippen LogP contribution in [0.25, 0.3) is 6.08 Å². The third-order valence-electron chi connectivity index (χ3n) is 4.49. The number of para-hydroxylation sites is 2. The average molecular weight is 418 g/mol. The van der Waals surface area contributed by atoms with Gasteiger partial charge in [-0.25, -0.2) is 4.79 Å². The van der Waals surface area contributed by atoms with E-state index in [9.17, 15) is 30.3 Å². The van der Waals surface area contributed by atoms with Gasteiger partial charge in [0.15, 0.2) is 17.6 Å². The van der Waals surface area contributed by atoms with Crippen molar-refractivity contribution in [3.8, 4) is 17.2 Å². The number of carbonyl (C=O) groups excluding carboxylic acids is 1. The second-order valence-electron chi connectivity index (χ2n) is 6.62. The third kappa shape index (κ3) is 5.08. The van der Waals surface area contributed by atoms with Crippen LogP contribution in [0.2, 0.25) is 0 Å². The van der Waals surface area contributed by atoms with Crippen molar-refractivity contribution in [3.05, 3.63) is 60.2 Å². The molecule has 0 radical (unpaired) electrons. The highest BCUT2D eigenvalue weighted by Crippen LogP contribution is 2.30. The summed E-state index contributed by atoms with van der Waals surface area (Å²) in [6, 6.07) is 12.0. The fraction of sp³-hybridized carbons (Fsp3) is 0.286. The smallest absolute Gasteiger partial charge is 0.331 e. The SMILES string of the molecule is O=C(C=Cc1ccc(O)cc1)OC1C(CO)OC(Oc2ccccc2O)C(O)C1O. The molecule has 1 fully saturated rings. The normalized spacial score (nSPS) is 26.4. The van der Waals surface area contributed by atoms with Crippen molar-refractivity contribution >= 4 is 12.0 Å². The van der Waals surface area contributed by atoms with Crippen molar-refractivity contribution in [3.63, 3.8) is 0 Å². The van der Waals surface area contributed by atoms with E-state index in [1.807, 2.05) is 0 Å². The summed E-state index contributed by atoms with van der Waals surface area (Å²) in [6.45, 7) is -0.621. The van der Waals surface area contributed by atoms with Gasteiger partial charge in [0.05, 0.1) is 6.61 Å². The number of phenols is 2. The predicted molar refractivity (Wildman–Crippen MR) is 104 cm³/mol. The Morgan fingerprint density at radius 1 is 1.03 bits per heavy atom. The molecule has 0 aromatic heterocycles. The van der Waals surface area contributed by atoms with Crippen LogP contribution in [0.5, 0.6) is 17.2 Å². The first kappa shape index (κ1) is 21.6. The molecule has 5 atom stereocenters. The summed E-state index contributed by atoms with van der Waals surface area (Å²) >= 11 is 0. The standard InChI is InChI=1S/C21H22O9/c22-11-16-20(30-17(25)10-7-12-5-8-13(23)9-6-12)18(26)19(27)21(29-16)28-15-4-2-1-3-14(15)24/h1-10,16,18-24,26-27H,11H2. The first-order valence-electron chi connectivity index (χ1n) is 9.14. The minimum Gasteiger partial charge on any atom is -0.508 e. The van der Waals surface area contributed by atoms with E-state index in [1.165, 1.54) is 30.3 Å². The molecule has 0 bridgehead atoms. The second-order valence-corrected chi connectivity index (χ2v) is 6.62. The van der Waals surface area contributed by atoms with Crippen LogP contribution in [0, 0.1) is 0 Å². The van der Waals surface area contributed by atoms with Crippen LogP contribution in [-0.4, -0.2) is 68.8 Å². The number of hydrogen-bond acceptors (Lipinski definition) is 9. The van der Waals surface area contributed by atoms with Crippen LogP contribution < -0.4 is 4.74 Å². The maximum absolute atomic E-state index is 12.1. The Bertz CT molecular complexity index is 878. The van der Waals surface area contributed by atoms with Gasteiger partial charge in [-0.3, -0.25) is 0 Å². The zero-order valence-corrected chi connectivity index (χ0v) is 15.7. The zero-order valence-electron chi connectivity index (χ0n) is 15.7. The van der Waals surface area contributed by atoms with Gasteiger partial charge in [-0.05, 0) is 35.9 Å². The molecule has 3 rings (SSSR count). The first-order valence-corrected chi connectivity index (χ1v) is 9.14. The fourth-order valence-corrected chi connectivity index (χ4v) is 2.90.